The van der Waals surface area contributed by atoms with E-state index in [4.69, 9.17) is 6.42 Å². The molecule has 0 fully saturated rings. The first-order valence-corrected chi connectivity index (χ1v) is 19.1. The minimum Gasteiger partial charge on any atom is -0.432 e. The van der Waals surface area contributed by atoms with Gasteiger partial charge in [-0.15, -0.1) is 11.5 Å². The Morgan fingerprint density at radius 1 is 1.15 bits per heavy atom. The molecule has 4 rings (SSSR count). The van der Waals surface area contributed by atoms with Crippen LogP contribution in [0.1, 0.15) is 52.3 Å². The second kappa shape index (κ2) is 16.3. The molecule has 0 saturated heterocycles. The standard InChI is InChI=1S/C34H43FN8O4Si/c1-6-15-42(21-25-19-29-31(18-23(25)2)38-24(3)39-34(29)46)27-11-12-28(30(35)20-27)33(45)37-13-7-10-32(44)36-14-16-43-22-26(40-41-43)9-8-17-48(4,5)47/h1,11-12,18-20,22,47H,7-10,13-17,21H2,2-5H3,(H,36,44)(H,37,45)(H,38,39,46). The minimum atomic E-state index is -2.07. The first-order chi connectivity index (χ1) is 22.8. The molecule has 0 saturated carbocycles. The number of aryl methyl sites for hydroxylation is 3. The van der Waals surface area contributed by atoms with Crippen LogP contribution in [-0.4, -0.2) is 69.5 Å². The zero-order chi connectivity index (χ0) is 34.8. The van der Waals surface area contributed by atoms with Gasteiger partial charge < -0.3 is 25.3 Å². The third kappa shape index (κ3) is 10.3. The number of halogens is 1. The third-order valence-corrected chi connectivity index (χ3v) is 9.40. The highest BCUT2D eigenvalue weighted by molar-refractivity contribution is 6.69. The van der Waals surface area contributed by atoms with Crippen LogP contribution in [0, 0.1) is 32.0 Å². The number of hydrogen-bond donors (Lipinski definition) is 4. The summed E-state index contributed by atoms with van der Waals surface area (Å²) in [6, 6.07) is 8.73. The molecule has 4 N–H and O–H groups in total. The van der Waals surface area contributed by atoms with E-state index in [1.807, 2.05) is 32.3 Å². The molecule has 0 unspecified atom stereocenters. The Kier molecular flexibility index (Phi) is 12.2. The maximum Gasteiger partial charge on any atom is 0.258 e. The molecule has 48 heavy (non-hydrogen) atoms. The molecule has 0 aliphatic rings. The van der Waals surface area contributed by atoms with E-state index in [0.29, 0.717) is 48.5 Å². The van der Waals surface area contributed by atoms with Gasteiger partial charge in [-0.3, -0.25) is 19.1 Å². The smallest absolute Gasteiger partial charge is 0.258 e. The SMILES string of the molecule is C#CCN(Cc1cc2c(=O)[nH]c(C)nc2cc1C)c1ccc(C(=O)NCCCC(=O)NCCn2cc(CCC[Si](C)(C)O)nn2)c(F)c1. The molecule has 0 atom stereocenters. The van der Waals surface area contributed by atoms with Crippen LogP contribution in [0.3, 0.4) is 0 Å². The number of benzene rings is 2. The topological polar surface area (TPSA) is 158 Å². The summed E-state index contributed by atoms with van der Waals surface area (Å²) in [6.45, 7) is 9.02. The number of aromatic amines is 1. The third-order valence-electron chi connectivity index (χ3n) is 7.82. The summed E-state index contributed by atoms with van der Waals surface area (Å²) in [5, 5.41) is 14.2. The molecule has 14 heteroatoms. The summed E-state index contributed by atoms with van der Waals surface area (Å²) in [7, 11) is -2.07. The second-order valence-electron chi connectivity index (χ2n) is 12.5. The van der Waals surface area contributed by atoms with Crippen molar-refractivity contribution in [1.29, 1.82) is 0 Å². The van der Waals surface area contributed by atoms with Gasteiger partial charge in [-0.2, -0.15) is 0 Å². The summed E-state index contributed by atoms with van der Waals surface area (Å²) in [6.07, 6.45) is 9.66. The van der Waals surface area contributed by atoms with E-state index in [-0.39, 0.29) is 36.5 Å². The average molecular weight is 675 g/mol. The van der Waals surface area contributed by atoms with Crippen LogP contribution in [0.5, 0.6) is 0 Å². The van der Waals surface area contributed by atoms with Crippen molar-refractivity contribution < 1.29 is 18.8 Å². The molecule has 2 amide bonds. The van der Waals surface area contributed by atoms with Crippen molar-refractivity contribution in [2.75, 3.05) is 24.5 Å². The molecule has 2 aromatic carbocycles. The van der Waals surface area contributed by atoms with Gasteiger partial charge in [0.2, 0.25) is 5.91 Å². The van der Waals surface area contributed by atoms with E-state index in [0.717, 1.165) is 35.7 Å². The van der Waals surface area contributed by atoms with Crippen LogP contribution in [0.4, 0.5) is 10.1 Å². The number of anilines is 1. The summed E-state index contributed by atoms with van der Waals surface area (Å²) < 4.78 is 16.8. The lowest BCUT2D eigenvalue weighted by Crippen LogP contribution is -2.30. The molecule has 0 radical (unpaired) electrons. The zero-order valence-electron chi connectivity index (χ0n) is 27.9. The van der Waals surface area contributed by atoms with Gasteiger partial charge >= 0.3 is 0 Å². The van der Waals surface area contributed by atoms with Crippen molar-refractivity contribution >= 4 is 36.7 Å². The highest BCUT2D eigenvalue weighted by Gasteiger charge is 2.18. The molecular formula is C34H43FN8O4Si. The molecule has 0 spiro atoms. The van der Waals surface area contributed by atoms with Crippen molar-refractivity contribution in [3.8, 4) is 12.3 Å². The van der Waals surface area contributed by atoms with Gasteiger partial charge in [-0.25, -0.2) is 9.37 Å². The number of nitrogens with one attached hydrogen (secondary N) is 3. The fourth-order valence-corrected chi connectivity index (χ4v) is 6.31. The largest absolute Gasteiger partial charge is 0.432 e. The van der Waals surface area contributed by atoms with Gasteiger partial charge in [0, 0.05) is 37.9 Å². The lowest BCUT2D eigenvalue weighted by atomic mass is 10.0. The number of carbonyl (C=O) groups excluding carboxylic acids is 2. The fourth-order valence-electron chi connectivity index (χ4n) is 5.27. The number of fused-ring (bicyclic) bond motifs is 1. The van der Waals surface area contributed by atoms with E-state index in [1.54, 1.807) is 28.6 Å². The predicted molar refractivity (Wildman–Crippen MR) is 186 cm³/mol. The molecule has 12 nitrogen and oxygen atoms in total. The van der Waals surface area contributed by atoms with Crippen LogP contribution in [-0.2, 0) is 24.3 Å². The lowest BCUT2D eigenvalue weighted by molar-refractivity contribution is -0.121. The number of nitrogens with zero attached hydrogens (tertiary/aromatic N) is 5. The van der Waals surface area contributed by atoms with E-state index >= 15 is 4.39 Å². The summed E-state index contributed by atoms with van der Waals surface area (Å²) in [5.74, 6) is 1.67. The summed E-state index contributed by atoms with van der Waals surface area (Å²) in [5.41, 5.74) is 3.33. The fraction of sp³-hybridized carbons (Fsp3) is 0.412. The predicted octanol–water partition coefficient (Wildman–Crippen LogP) is 3.37. The van der Waals surface area contributed by atoms with E-state index < -0.39 is 20.0 Å². The quantitative estimate of drug-likeness (QED) is 0.0801. The van der Waals surface area contributed by atoms with Crippen molar-refractivity contribution in [3.05, 3.63) is 80.9 Å². The van der Waals surface area contributed by atoms with Crippen LogP contribution < -0.4 is 21.1 Å². The normalized spacial score (nSPS) is 11.4. The number of hydrogen-bond acceptors (Lipinski definition) is 8. The number of terminal acetylenes is 1. The highest BCUT2D eigenvalue weighted by atomic mass is 28.4. The van der Waals surface area contributed by atoms with Crippen LogP contribution in [0.25, 0.3) is 10.9 Å². The molecule has 254 valence electrons. The lowest BCUT2D eigenvalue weighted by Gasteiger charge is -2.24. The van der Waals surface area contributed by atoms with Crippen LogP contribution >= 0.6 is 0 Å². The monoisotopic (exact) mass is 674 g/mol. The molecule has 0 bridgehead atoms. The van der Waals surface area contributed by atoms with E-state index in [2.05, 4.69) is 36.8 Å². The molecule has 0 aliphatic heterocycles. The Hall–Kier alpha value is -4.87. The number of amides is 2. The molecule has 0 aliphatic carbocycles. The van der Waals surface area contributed by atoms with Crippen molar-refractivity contribution in [3.63, 3.8) is 0 Å². The van der Waals surface area contributed by atoms with Crippen molar-refractivity contribution in [2.24, 2.45) is 0 Å². The second-order valence-corrected chi connectivity index (χ2v) is 16.6. The maximum absolute atomic E-state index is 15.2. The summed E-state index contributed by atoms with van der Waals surface area (Å²) in [4.78, 5) is 56.3. The van der Waals surface area contributed by atoms with Crippen LogP contribution in [0.15, 0.2) is 41.3 Å². The van der Waals surface area contributed by atoms with Gasteiger partial charge in [0.05, 0.1) is 35.2 Å². The Morgan fingerprint density at radius 3 is 2.67 bits per heavy atom. The highest BCUT2D eigenvalue weighted by Crippen LogP contribution is 2.24. The molecule has 2 heterocycles. The van der Waals surface area contributed by atoms with Gasteiger partial charge in [-0.05, 0) is 93.7 Å². The zero-order valence-corrected chi connectivity index (χ0v) is 28.9. The minimum absolute atomic E-state index is 0.118. The Balaban J connectivity index is 1.23. The Bertz CT molecular complexity index is 1860. The first-order valence-electron chi connectivity index (χ1n) is 16.0. The van der Waals surface area contributed by atoms with Crippen molar-refractivity contribution in [2.45, 2.75) is 71.8 Å². The number of aromatic nitrogens is 5. The average Bonchev–Trinajstić information content (AvgIpc) is 3.46. The Morgan fingerprint density at radius 2 is 1.94 bits per heavy atom. The molecule has 2 aromatic heterocycles. The molecule has 4 aromatic rings. The number of rotatable bonds is 16. The van der Waals surface area contributed by atoms with Gasteiger partial charge in [0.15, 0.2) is 8.32 Å². The number of H-pyrrole nitrogens is 1. The molecular weight excluding hydrogens is 632 g/mol. The van der Waals surface area contributed by atoms with Gasteiger partial charge in [0.1, 0.15) is 11.6 Å². The Labute approximate surface area is 280 Å². The van der Waals surface area contributed by atoms with Crippen molar-refractivity contribution in [1.82, 2.24) is 35.6 Å². The van der Waals surface area contributed by atoms with Gasteiger partial charge in [-0.1, -0.05) is 11.1 Å². The number of carbonyl (C=O) groups is 2. The van der Waals surface area contributed by atoms with E-state index in [1.165, 1.54) is 12.1 Å². The van der Waals surface area contributed by atoms with Crippen LogP contribution in [0.2, 0.25) is 19.1 Å². The first kappa shape index (κ1) is 36.0. The summed E-state index contributed by atoms with van der Waals surface area (Å²) >= 11 is 0. The van der Waals surface area contributed by atoms with E-state index in [9.17, 15) is 19.2 Å². The maximum atomic E-state index is 15.2. The van der Waals surface area contributed by atoms with Gasteiger partial charge in [0.25, 0.3) is 11.5 Å².